The van der Waals surface area contributed by atoms with Crippen LogP contribution in [0.15, 0.2) is 71.1 Å². The van der Waals surface area contributed by atoms with Gasteiger partial charge in [-0.1, -0.05) is 24.3 Å². The van der Waals surface area contributed by atoms with Crippen LogP contribution in [0.25, 0.3) is 0 Å². The number of esters is 2. The zero-order valence-corrected chi connectivity index (χ0v) is 19.5. The van der Waals surface area contributed by atoms with Crippen LogP contribution in [0.5, 0.6) is 0 Å². The predicted molar refractivity (Wildman–Crippen MR) is 125 cm³/mol. The van der Waals surface area contributed by atoms with E-state index >= 15 is 0 Å². The molecule has 0 saturated carbocycles. The van der Waals surface area contributed by atoms with E-state index in [2.05, 4.69) is 5.32 Å². The quantitative estimate of drug-likeness (QED) is 0.344. The first-order valence-corrected chi connectivity index (χ1v) is 10.5. The number of nitrogens with zero attached hydrogens (tertiary/aromatic N) is 1. The van der Waals surface area contributed by atoms with Crippen molar-refractivity contribution in [3.63, 3.8) is 0 Å². The predicted octanol–water partition coefficient (Wildman–Crippen LogP) is 3.66. The van der Waals surface area contributed by atoms with Crippen molar-refractivity contribution in [2.24, 2.45) is 0 Å². The number of aromatic carboxylic acids is 1. The fourth-order valence-corrected chi connectivity index (χ4v) is 4.35. The molecule has 3 rings (SSSR count). The Bertz CT molecular complexity index is 1280. The first-order chi connectivity index (χ1) is 16.6. The third-order valence-corrected chi connectivity index (χ3v) is 5.85. The summed E-state index contributed by atoms with van der Waals surface area (Å²) in [5, 5.41) is 24.0. The number of carbonyl (C=O) groups excluding carboxylic acids is 2. The molecule has 0 bridgehead atoms. The van der Waals surface area contributed by atoms with E-state index in [1.165, 1.54) is 50.6 Å². The van der Waals surface area contributed by atoms with Gasteiger partial charge >= 0.3 is 17.9 Å². The van der Waals surface area contributed by atoms with Crippen LogP contribution in [0.2, 0.25) is 0 Å². The zero-order chi connectivity index (χ0) is 25.9. The summed E-state index contributed by atoms with van der Waals surface area (Å²) in [6.45, 7) is 3.36. The van der Waals surface area contributed by atoms with Gasteiger partial charge in [0.15, 0.2) is 0 Å². The van der Waals surface area contributed by atoms with E-state index in [9.17, 15) is 29.6 Å². The molecular formula is C25H24N2O8. The molecule has 0 aliphatic carbocycles. The number of methoxy groups -OCH3 is 2. The number of rotatable bonds is 7. The average Bonchev–Trinajstić information content (AvgIpc) is 2.84. The van der Waals surface area contributed by atoms with Crippen molar-refractivity contribution in [3.05, 3.63) is 97.9 Å². The summed E-state index contributed by atoms with van der Waals surface area (Å²) in [5.74, 6) is -4.59. The largest absolute Gasteiger partial charge is 0.478 e. The highest BCUT2D eigenvalue weighted by atomic mass is 16.6. The van der Waals surface area contributed by atoms with Gasteiger partial charge in [-0.15, -0.1) is 0 Å². The Morgan fingerprint density at radius 3 is 2.31 bits per heavy atom. The highest BCUT2D eigenvalue weighted by Gasteiger charge is 2.41. The molecule has 0 saturated heterocycles. The fraction of sp³-hybridized carbons (Fsp3) is 0.240. The van der Waals surface area contributed by atoms with Gasteiger partial charge < -0.3 is 19.9 Å². The summed E-state index contributed by atoms with van der Waals surface area (Å²) in [6, 6.07) is 11.6. The minimum Gasteiger partial charge on any atom is -0.478 e. The molecule has 0 amide bonds. The number of allylic oxidation sites excluding steroid dienone is 2. The first kappa shape index (κ1) is 25.2. The van der Waals surface area contributed by atoms with Crippen molar-refractivity contribution in [3.8, 4) is 0 Å². The van der Waals surface area contributed by atoms with Gasteiger partial charge in [0, 0.05) is 29.4 Å². The van der Waals surface area contributed by atoms with Crippen molar-refractivity contribution in [1.29, 1.82) is 0 Å². The summed E-state index contributed by atoms with van der Waals surface area (Å²) in [6.07, 6.45) is 0. The second kappa shape index (κ2) is 10.2. The fourth-order valence-electron chi connectivity index (χ4n) is 4.35. The molecule has 10 nitrogen and oxygen atoms in total. The van der Waals surface area contributed by atoms with E-state index in [-0.39, 0.29) is 16.8 Å². The van der Waals surface area contributed by atoms with Crippen LogP contribution in [0.1, 0.15) is 47.2 Å². The lowest BCUT2D eigenvalue weighted by atomic mass is 9.73. The Morgan fingerprint density at radius 2 is 1.71 bits per heavy atom. The number of carboxylic acids is 1. The third kappa shape index (κ3) is 4.91. The van der Waals surface area contributed by atoms with Crippen LogP contribution in [0, 0.1) is 10.1 Å². The normalized spacial score (nSPS) is 16.3. The Balaban J connectivity index is 2.34. The number of nitro benzene ring substituents is 1. The van der Waals surface area contributed by atoms with Crippen LogP contribution in [0.3, 0.4) is 0 Å². The highest BCUT2D eigenvalue weighted by molar-refractivity contribution is 5.94. The van der Waals surface area contributed by atoms with Crippen LogP contribution in [0.4, 0.5) is 5.69 Å². The number of nitrogens with one attached hydrogen (secondary N) is 1. The molecule has 0 spiro atoms. The summed E-state index contributed by atoms with van der Waals surface area (Å²) < 4.78 is 10.1. The highest BCUT2D eigenvalue weighted by Crippen LogP contribution is 2.46. The second-order valence-electron chi connectivity index (χ2n) is 7.91. The van der Waals surface area contributed by atoms with E-state index in [4.69, 9.17) is 9.47 Å². The second-order valence-corrected chi connectivity index (χ2v) is 7.91. The lowest BCUT2D eigenvalue weighted by molar-refractivity contribution is -0.384. The van der Waals surface area contributed by atoms with Gasteiger partial charge in [0.1, 0.15) is 5.92 Å². The number of ether oxygens (including phenoxy) is 2. The van der Waals surface area contributed by atoms with Gasteiger partial charge in [-0.2, -0.15) is 0 Å². The van der Waals surface area contributed by atoms with Gasteiger partial charge in [-0.05, 0) is 42.7 Å². The molecule has 2 atom stereocenters. The minimum absolute atomic E-state index is 0.0368. The topological polar surface area (TPSA) is 145 Å². The average molecular weight is 480 g/mol. The lowest BCUT2D eigenvalue weighted by Gasteiger charge is -2.35. The number of carbonyl (C=O) groups is 3. The SMILES string of the molecule is COC(=O)C1=C(C)NC(C)=C(C(C(=O)OC)c2cccc(C(=O)O)c2)[C@H]1c1cccc([N+](=O)[O-])c1. The number of non-ortho nitro benzene ring substituents is 1. The summed E-state index contributed by atoms with van der Waals surface area (Å²) in [4.78, 5) is 48.6. The molecular weight excluding hydrogens is 456 g/mol. The van der Waals surface area contributed by atoms with Crippen molar-refractivity contribution in [1.82, 2.24) is 5.32 Å². The molecule has 1 unspecified atom stereocenters. The summed E-state index contributed by atoms with van der Waals surface area (Å²) in [7, 11) is 2.42. The lowest BCUT2D eigenvalue weighted by Crippen LogP contribution is -2.33. The smallest absolute Gasteiger partial charge is 0.336 e. The molecule has 182 valence electrons. The van der Waals surface area contributed by atoms with Crippen LogP contribution >= 0.6 is 0 Å². The molecule has 2 aromatic rings. The van der Waals surface area contributed by atoms with Crippen LogP contribution in [-0.2, 0) is 19.1 Å². The van der Waals surface area contributed by atoms with Crippen molar-refractivity contribution >= 4 is 23.6 Å². The van der Waals surface area contributed by atoms with E-state index in [1.807, 2.05) is 0 Å². The van der Waals surface area contributed by atoms with E-state index in [0.717, 1.165) is 0 Å². The molecule has 0 aromatic heterocycles. The van der Waals surface area contributed by atoms with Crippen LogP contribution in [-0.4, -0.2) is 42.2 Å². The third-order valence-electron chi connectivity index (χ3n) is 5.85. The van der Waals surface area contributed by atoms with Crippen molar-refractivity contribution in [2.75, 3.05) is 14.2 Å². The monoisotopic (exact) mass is 480 g/mol. The molecule has 1 heterocycles. The Labute approximate surface area is 201 Å². The molecule has 1 aliphatic heterocycles. The van der Waals surface area contributed by atoms with Gasteiger partial charge in [-0.3, -0.25) is 14.9 Å². The maximum absolute atomic E-state index is 13.1. The van der Waals surface area contributed by atoms with Gasteiger partial charge in [0.2, 0.25) is 0 Å². The maximum Gasteiger partial charge on any atom is 0.336 e. The van der Waals surface area contributed by atoms with Gasteiger partial charge in [-0.25, -0.2) is 9.59 Å². The number of nitro groups is 1. The van der Waals surface area contributed by atoms with Crippen molar-refractivity contribution < 1.29 is 33.9 Å². The Morgan fingerprint density at radius 1 is 1.03 bits per heavy atom. The summed E-state index contributed by atoms with van der Waals surface area (Å²) >= 11 is 0. The Hall–Kier alpha value is -4.47. The maximum atomic E-state index is 13.1. The van der Waals surface area contributed by atoms with E-state index in [1.54, 1.807) is 26.0 Å². The van der Waals surface area contributed by atoms with Crippen LogP contribution < -0.4 is 5.32 Å². The first-order valence-electron chi connectivity index (χ1n) is 10.5. The number of hydrogen-bond acceptors (Lipinski definition) is 8. The van der Waals surface area contributed by atoms with E-state index < -0.39 is 34.7 Å². The molecule has 35 heavy (non-hydrogen) atoms. The van der Waals surface area contributed by atoms with E-state index in [0.29, 0.717) is 28.1 Å². The number of hydrogen-bond donors (Lipinski definition) is 2. The van der Waals surface area contributed by atoms with Gasteiger partial charge in [0.25, 0.3) is 5.69 Å². The molecule has 2 aromatic carbocycles. The molecule has 1 aliphatic rings. The standard InChI is InChI=1S/C25H24N2O8/c1-13-19(22(25(31)35-4)15-7-5-9-17(11-15)23(28)29)21(20(14(2)26-13)24(30)34-3)16-8-6-10-18(12-16)27(32)33/h5-12,21-22,26H,1-4H3,(H,28,29)/t21-,22?/m1/s1. The number of benzene rings is 2. The minimum atomic E-state index is -1.18. The van der Waals surface area contributed by atoms with Crippen molar-refractivity contribution in [2.45, 2.75) is 25.7 Å². The molecule has 0 fully saturated rings. The number of carboxylic acid groups (broad SMARTS) is 1. The Kier molecular flexibility index (Phi) is 7.34. The van der Waals surface area contributed by atoms with Gasteiger partial charge in [0.05, 0.1) is 30.3 Å². The molecule has 0 radical (unpaired) electrons. The number of dihydropyridines is 1. The molecule has 10 heteroatoms. The zero-order valence-electron chi connectivity index (χ0n) is 19.5. The molecule has 2 N–H and O–H groups in total. The summed E-state index contributed by atoms with van der Waals surface area (Å²) in [5.41, 5.74) is 2.00.